The van der Waals surface area contributed by atoms with Gasteiger partial charge in [0.05, 0.1) is 13.7 Å². The molecule has 3 nitrogen and oxygen atoms in total. The molecule has 0 radical (unpaired) electrons. The predicted octanol–water partition coefficient (Wildman–Crippen LogP) is 3.11. The maximum absolute atomic E-state index is 5.57. The zero-order chi connectivity index (χ0) is 13.4. The van der Waals surface area contributed by atoms with E-state index >= 15 is 0 Å². The van der Waals surface area contributed by atoms with E-state index in [2.05, 4.69) is 18.3 Å². The molecule has 0 aliphatic heterocycles. The molecule has 1 rings (SSSR count). The second-order valence-corrected chi connectivity index (χ2v) is 4.00. The van der Waals surface area contributed by atoms with Crippen molar-refractivity contribution >= 4 is 6.08 Å². The van der Waals surface area contributed by atoms with Gasteiger partial charge in [0.25, 0.3) is 0 Å². The Balaban J connectivity index is 3.10. The summed E-state index contributed by atoms with van der Waals surface area (Å²) in [5.74, 6) is 1.61. The second-order valence-electron chi connectivity index (χ2n) is 4.00. The molecule has 0 atom stereocenters. The molecule has 0 heterocycles. The molecule has 0 fully saturated rings. The molecule has 1 aromatic rings. The van der Waals surface area contributed by atoms with Gasteiger partial charge in [0.1, 0.15) is 0 Å². The predicted molar refractivity (Wildman–Crippen MR) is 76.4 cm³/mol. The number of benzene rings is 1. The SMILES string of the molecule is CCOc1cccc(C=C(CC)CNC)c1OC. The van der Waals surface area contributed by atoms with Crippen LogP contribution in [0.5, 0.6) is 11.5 Å². The molecule has 0 bridgehead atoms. The Morgan fingerprint density at radius 3 is 2.67 bits per heavy atom. The number of likely N-dealkylation sites (N-methyl/N-ethyl adjacent to an activating group) is 1. The van der Waals surface area contributed by atoms with Crippen LogP contribution in [0.15, 0.2) is 23.8 Å². The number of ether oxygens (including phenoxy) is 2. The molecule has 3 heteroatoms. The molecular weight excluding hydrogens is 226 g/mol. The normalized spacial score (nSPS) is 11.4. The zero-order valence-corrected chi connectivity index (χ0v) is 11.7. The van der Waals surface area contributed by atoms with Crippen molar-refractivity contribution in [3.05, 3.63) is 29.3 Å². The first-order chi connectivity index (χ1) is 8.76. The lowest BCUT2D eigenvalue weighted by Gasteiger charge is -2.12. The smallest absolute Gasteiger partial charge is 0.167 e. The largest absolute Gasteiger partial charge is 0.492 e. The van der Waals surface area contributed by atoms with Crippen molar-refractivity contribution in [2.45, 2.75) is 20.3 Å². The Morgan fingerprint density at radius 1 is 1.33 bits per heavy atom. The van der Waals surface area contributed by atoms with Gasteiger partial charge in [0.2, 0.25) is 0 Å². The van der Waals surface area contributed by atoms with Crippen molar-refractivity contribution in [2.75, 3.05) is 27.3 Å². The molecule has 18 heavy (non-hydrogen) atoms. The van der Waals surface area contributed by atoms with Crippen molar-refractivity contribution in [1.82, 2.24) is 5.32 Å². The lowest BCUT2D eigenvalue weighted by molar-refractivity contribution is 0.310. The van der Waals surface area contributed by atoms with Crippen LogP contribution in [0.25, 0.3) is 6.08 Å². The Labute approximate surface area is 110 Å². The third kappa shape index (κ3) is 3.77. The molecule has 0 unspecified atom stereocenters. The highest BCUT2D eigenvalue weighted by atomic mass is 16.5. The molecule has 0 aliphatic rings. The Bertz CT molecular complexity index is 399. The monoisotopic (exact) mass is 249 g/mol. The van der Waals surface area contributed by atoms with Crippen molar-refractivity contribution in [2.24, 2.45) is 0 Å². The molecule has 1 aromatic carbocycles. The van der Waals surface area contributed by atoms with Crippen molar-refractivity contribution < 1.29 is 9.47 Å². The third-order valence-electron chi connectivity index (χ3n) is 2.73. The summed E-state index contributed by atoms with van der Waals surface area (Å²) in [6, 6.07) is 5.97. The van der Waals surface area contributed by atoms with Crippen LogP contribution in [-0.2, 0) is 0 Å². The number of nitrogens with one attached hydrogen (secondary N) is 1. The van der Waals surface area contributed by atoms with Crippen molar-refractivity contribution in [1.29, 1.82) is 0 Å². The first-order valence-corrected chi connectivity index (χ1v) is 6.40. The number of rotatable bonds is 7. The van der Waals surface area contributed by atoms with E-state index in [0.29, 0.717) is 6.61 Å². The molecule has 1 N–H and O–H groups in total. The van der Waals surface area contributed by atoms with Crippen LogP contribution in [0, 0.1) is 0 Å². The summed E-state index contributed by atoms with van der Waals surface area (Å²) in [5.41, 5.74) is 2.40. The molecule has 0 saturated heterocycles. The molecule has 0 saturated carbocycles. The van der Waals surface area contributed by atoms with E-state index in [1.165, 1.54) is 5.57 Å². The first-order valence-electron chi connectivity index (χ1n) is 6.40. The summed E-state index contributed by atoms with van der Waals surface area (Å²) in [6.45, 7) is 5.65. The Hall–Kier alpha value is -1.48. The van der Waals surface area contributed by atoms with E-state index in [4.69, 9.17) is 9.47 Å². The Morgan fingerprint density at radius 2 is 2.11 bits per heavy atom. The number of hydrogen-bond donors (Lipinski definition) is 1. The summed E-state index contributed by atoms with van der Waals surface area (Å²) in [6.07, 6.45) is 3.18. The summed E-state index contributed by atoms with van der Waals surface area (Å²) < 4.78 is 11.0. The number of para-hydroxylation sites is 1. The molecular formula is C15H23NO2. The second kappa shape index (κ2) is 7.77. The highest BCUT2D eigenvalue weighted by Gasteiger charge is 2.08. The van der Waals surface area contributed by atoms with Crippen molar-refractivity contribution in [3.63, 3.8) is 0 Å². The fourth-order valence-corrected chi connectivity index (χ4v) is 1.86. The molecule has 0 amide bonds. The van der Waals surface area contributed by atoms with Gasteiger partial charge >= 0.3 is 0 Å². The lowest BCUT2D eigenvalue weighted by Crippen LogP contribution is -2.09. The van der Waals surface area contributed by atoms with Crippen LogP contribution in [-0.4, -0.2) is 27.3 Å². The van der Waals surface area contributed by atoms with Gasteiger partial charge < -0.3 is 14.8 Å². The molecule has 0 aliphatic carbocycles. The summed E-state index contributed by atoms with van der Waals surface area (Å²) in [7, 11) is 3.64. The van der Waals surface area contributed by atoms with Crippen LogP contribution in [0.1, 0.15) is 25.8 Å². The standard InChI is InChI=1S/C15H23NO2/c1-5-12(11-16-3)10-13-8-7-9-14(18-6-2)15(13)17-4/h7-10,16H,5-6,11H2,1-4H3. The lowest BCUT2D eigenvalue weighted by atomic mass is 10.1. The number of methoxy groups -OCH3 is 1. The van der Waals surface area contributed by atoms with Gasteiger partial charge in [-0.2, -0.15) is 0 Å². The fraction of sp³-hybridized carbons (Fsp3) is 0.467. The van der Waals surface area contributed by atoms with Gasteiger partial charge in [0, 0.05) is 12.1 Å². The zero-order valence-electron chi connectivity index (χ0n) is 11.7. The maximum atomic E-state index is 5.57. The summed E-state index contributed by atoms with van der Waals surface area (Å²) >= 11 is 0. The van der Waals surface area contributed by atoms with E-state index in [0.717, 1.165) is 30.0 Å². The van der Waals surface area contributed by atoms with E-state index in [1.54, 1.807) is 7.11 Å². The molecule has 0 aromatic heterocycles. The summed E-state index contributed by atoms with van der Waals surface area (Å²) in [5, 5.41) is 3.18. The minimum Gasteiger partial charge on any atom is -0.492 e. The maximum Gasteiger partial charge on any atom is 0.167 e. The highest BCUT2D eigenvalue weighted by Crippen LogP contribution is 2.32. The van der Waals surface area contributed by atoms with Crippen LogP contribution in [0.3, 0.4) is 0 Å². The van der Waals surface area contributed by atoms with Crippen LogP contribution < -0.4 is 14.8 Å². The van der Waals surface area contributed by atoms with Gasteiger partial charge in [-0.3, -0.25) is 0 Å². The fourth-order valence-electron chi connectivity index (χ4n) is 1.86. The molecule has 100 valence electrons. The van der Waals surface area contributed by atoms with Gasteiger partial charge in [0.15, 0.2) is 11.5 Å². The van der Waals surface area contributed by atoms with E-state index in [-0.39, 0.29) is 0 Å². The van der Waals surface area contributed by atoms with Crippen LogP contribution in [0.4, 0.5) is 0 Å². The van der Waals surface area contributed by atoms with Gasteiger partial charge in [-0.25, -0.2) is 0 Å². The third-order valence-corrected chi connectivity index (χ3v) is 2.73. The van der Waals surface area contributed by atoms with Crippen molar-refractivity contribution in [3.8, 4) is 11.5 Å². The Kier molecular flexibility index (Phi) is 6.29. The van der Waals surface area contributed by atoms with Crippen LogP contribution >= 0.6 is 0 Å². The topological polar surface area (TPSA) is 30.5 Å². The van der Waals surface area contributed by atoms with E-state index < -0.39 is 0 Å². The van der Waals surface area contributed by atoms with Gasteiger partial charge in [-0.05, 0) is 26.5 Å². The minimum atomic E-state index is 0.640. The summed E-state index contributed by atoms with van der Waals surface area (Å²) in [4.78, 5) is 0. The highest BCUT2D eigenvalue weighted by molar-refractivity contribution is 5.64. The van der Waals surface area contributed by atoms with E-state index in [1.807, 2.05) is 32.2 Å². The van der Waals surface area contributed by atoms with Gasteiger partial charge in [-0.1, -0.05) is 30.7 Å². The number of hydrogen-bond acceptors (Lipinski definition) is 3. The molecule has 0 spiro atoms. The van der Waals surface area contributed by atoms with Crippen LogP contribution in [0.2, 0.25) is 0 Å². The van der Waals surface area contributed by atoms with Gasteiger partial charge in [-0.15, -0.1) is 0 Å². The average Bonchev–Trinajstić information content (AvgIpc) is 2.39. The first kappa shape index (κ1) is 14.6. The quantitative estimate of drug-likeness (QED) is 0.805. The average molecular weight is 249 g/mol. The minimum absolute atomic E-state index is 0.640. The van der Waals surface area contributed by atoms with E-state index in [9.17, 15) is 0 Å².